The number of benzene rings is 1. The lowest BCUT2D eigenvalue weighted by atomic mass is 10.1. The zero-order valence-electron chi connectivity index (χ0n) is 10.5. The number of hydrogen-bond acceptors (Lipinski definition) is 2. The van der Waals surface area contributed by atoms with Crippen molar-refractivity contribution in [2.75, 3.05) is 7.11 Å². The summed E-state index contributed by atoms with van der Waals surface area (Å²) in [5.41, 5.74) is 3.56. The predicted molar refractivity (Wildman–Crippen MR) is 68.0 cm³/mol. The van der Waals surface area contributed by atoms with Crippen LogP contribution in [0.5, 0.6) is 0 Å². The number of aryl methyl sites for hydroxylation is 2. The number of esters is 1. The van der Waals surface area contributed by atoms with Gasteiger partial charge < -0.3 is 9.30 Å². The Morgan fingerprint density at radius 1 is 1.35 bits per heavy atom. The van der Waals surface area contributed by atoms with Crippen LogP contribution in [0.15, 0.2) is 24.4 Å². The van der Waals surface area contributed by atoms with Gasteiger partial charge in [0.2, 0.25) is 0 Å². The van der Waals surface area contributed by atoms with Crippen molar-refractivity contribution in [2.24, 2.45) is 7.05 Å². The number of nitrogens with zero attached hydrogens (tertiary/aromatic N) is 1. The standard InChI is InChI=1S/C14H17NO2/c1-4-10-6-5-7-12-11(8-13(16)17-3)9-15(2)14(10)12/h5-7,9H,4,8H2,1-3H3. The minimum absolute atomic E-state index is 0.195. The fraction of sp³-hybridized carbons (Fsp3) is 0.357. The summed E-state index contributed by atoms with van der Waals surface area (Å²) >= 11 is 0. The van der Waals surface area contributed by atoms with E-state index in [1.54, 1.807) is 0 Å². The highest BCUT2D eigenvalue weighted by atomic mass is 16.5. The summed E-state index contributed by atoms with van der Waals surface area (Å²) in [4.78, 5) is 11.4. The van der Waals surface area contributed by atoms with Crippen LogP contribution in [-0.2, 0) is 29.4 Å². The summed E-state index contributed by atoms with van der Waals surface area (Å²) in [5, 5.41) is 1.15. The molecule has 0 atom stereocenters. The van der Waals surface area contributed by atoms with E-state index in [1.807, 2.05) is 19.3 Å². The van der Waals surface area contributed by atoms with E-state index in [4.69, 9.17) is 4.74 Å². The first-order chi connectivity index (χ1) is 8.17. The highest BCUT2D eigenvalue weighted by molar-refractivity contribution is 5.90. The molecule has 3 nitrogen and oxygen atoms in total. The molecule has 17 heavy (non-hydrogen) atoms. The van der Waals surface area contributed by atoms with Gasteiger partial charge in [0.15, 0.2) is 0 Å². The van der Waals surface area contributed by atoms with Gasteiger partial charge in [0.05, 0.1) is 19.0 Å². The maximum Gasteiger partial charge on any atom is 0.310 e. The van der Waals surface area contributed by atoms with Crippen LogP contribution >= 0.6 is 0 Å². The van der Waals surface area contributed by atoms with Crippen molar-refractivity contribution in [3.8, 4) is 0 Å². The number of ether oxygens (including phenoxy) is 1. The first-order valence-electron chi connectivity index (χ1n) is 5.80. The second-order valence-electron chi connectivity index (χ2n) is 4.19. The van der Waals surface area contributed by atoms with Crippen LogP contribution in [0, 0.1) is 0 Å². The molecule has 90 valence electrons. The lowest BCUT2D eigenvalue weighted by Crippen LogP contribution is -2.03. The fourth-order valence-electron chi connectivity index (χ4n) is 2.29. The van der Waals surface area contributed by atoms with Crippen molar-refractivity contribution in [1.29, 1.82) is 0 Å². The molecule has 2 rings (SSSR count). The molecule has 0 saturated heterocycles. The van der Waals surface area contributed by atoms with Gasteiger partial charge in [-0.05, 0) is 17.5 Å². The van der Waals surface area contributed by atoms with Gasteiger partial charge in [0.1, 0.15) is 0 Å². The Labute approximate surface area is 101 Å². The lowest BCUT2D eigenvalue weighted by Gasteiger charge is -2.03. The van der Waals surface area contributed by atoms with E-state index >= 15 is 0 Å². The molecule has 1 aromatic carbocycles. The number of fused-ring (bicyclic) bond motifs is 1. The van der Waals surface area contributed by atoms with E-state index in [0.717, 1.165) is 17.4 Å². The third kappa shape index (κ3) is 2.05. The molecule has 0 N–H and O–H groups in total. The SMILES string of the molecule is CCc1cccc2c(CC(=O)OC)cn(C)c12. The molecule has 3 heteroatoms. The van der Waals surface area contributed by atoms with Crippen molar-refractivity contribution in [2.45, 2.75) is 19.8 Å². The van der Waals surface area contributed by atoms with Gasteiger partial charge in [-0.2, -0.15) is 0 Å². The van der Waals surface area contributed by atoms with E-state index in [2.05, 4.69) is 23.6 Å². The van der Waals surface area contributed by atoms with Gasteiger partial charge in [0.25, 0.3) is 0 Å². The first-order valence-corrected chi connectivity index (χ1v) is 5.80. The van der Waals surface area contributed by atoms with Crippen LogP contribution in [0.1, 0.15) is 18.1 Å². The summed E-state index contributed by atoms with van der Waals surface area (Å²) in [6, 6.07) is 6.24. The van der Waals surface area contributed by atoms with Crippen LogP contribution < -0.4 is 0 Å². The second-order valence-corrected chi connectivity index (χ2v) is 4.19. The van der Waals surface area contributed by atoms with Crippen molar-refractivity contribution < 1.29 is 9.53 Å². The minimum atomic E-state index is -0.195. The Hall–Kier alpha value is -1.77. The molecule has 0 fully saturated rings. The van der Waals surface area contributed by atoms with E-state index in [1.165, 1.54) is 18.2 Å². The van der Waals surface area contributed by atoms with Crippen molar-refractivity contribution in [3.05, 3.63) is 35.5 Å². The van der Waals surface area contributed by atoms with Crippen LogP contribution in [-0.4, -0.2) is 17.6 Å². The molecule has 1 heterocycles. The third-order valence-corrected chi connectivity index (χ3v) is 3.11. The summed E-state index contributed by atoms with van der Waals surface area (Å²) < 4.78 is 6.81. The van der Waals surface area contributed by atoms with Gasteiger partial charge >= 0.3 is 5.97 Å². The monoisotopic (exact) mass is 231 g/mol. The average molecular weight is 231 g/mol. The average Bonchev–Trinajstić information content (AvgIpc) is 2.66. The fourth-order valence-corrected chi connectivity index (χ4v) is 2.29. The molecule has 0 aliphatic heterocycles. The maximum absolute atomic E-state index is 11.4. The number of hydrogen-bond donors (Lipinski definition) is 0. The molecule has 2 aromatic rings. The summed E-state index contributed by atoms with van der Waals surface area (Å²) in [5.74, 6) is -0.195. The zero-order chi connectivity index (χ0) is 12.4. The molecule has 0 unspecified atom stereocenters. The third-order valence-electron chi connectivity index (χ3n) is 3.11. The van der Waals surface area contributed by atoms with Gasteiger partial charge in [-0.15, -0.1) is 0 Å². The summed E-state index contributed by atoms with van der Waals surface area (Å²) in [7, 11) is 3.44. The number of carbonyl (C=O) groups excluding carboxylic acids is 1. The Balaban J connectivity index is 2.56. The molecular formula is C14H17NO2. The van der Waals surface area contributed by atoms with Gasteiger partial charge in [0, 0.05) is 18.6 Å². The highest BCUT2D eigenvalue weighted by Crippen LogP contribution is 2.25. The van der Waals surface area contributed by atoms with Gasteiger partial charge in [-0.25, -0.2) is 0 Å². The summed E-state index contributed by atoms with van der Waals surface area (Å²) in [6.45, 7) is 2.14. The Bertz CT molecular complexity index is 555. The number of para-hydroxylation sites is 1. The number of rotatable bonds is 3. The molecule has 0 spiro atoms. The molecule has 0 saturated carbocycles. The zero-order valence-corrected chi connectivity index (χ0v) is 10.5. The first kappa shape index (κ1) is 11.7. The quantitative estimate of drug-likeness (QED) is 0.760. The highest BCUT2D eigenvalue weighted by Gasteiger charge is 2.12. The normalized spacial score (nSPS) is 10.8. The van der Waals surface area contributed by atoms with Crippen LogP contribution in [0.4, 0.5) is 0 Å². The molecule has 0 bridgehead atoms. The van der Waals surface area contributed by atoms with E-state index in [-0.39, 0.29) is 5.97 Å². The van der Waals surface area contributed by atoms with Crippen LogP contribution in [0.25, 0.3) is 10.9 Å². The molecular weight excluding hydrogens is 214 g/mol. The minimum Gasteiger partial charge on any atom is -0.469 e. The van der Waals surface area contributed by atoms with E-state index in [9.17, 15) is 4.79 Å². The largest absolute Gasteiger partial charge is 0.469 e. The molecule has 0 radical (unpaired) electrons. The molecule has 0 aliphatic rings. The lowest BCUT2D eigenvalue weighted by molar-refractivity contribution is -0.139. The van der Waals surface area contributed by atoms with Gasteiger partial charge in [-0.1, -0.05) is 25.1 Å². The Morgan fingerprint density at radius 2 is 2.12 bits per heavy atom. The molecule has 1 aromatic heterocycles. The van der Waals surface area contributed by atoms with E-state index in [0.29, 0.717) is 6.42 Å². The smallest absolute Gasteiger partial charge is 0.310 e. The topological polar surface area (TPSA) is 31.2 Å². The molecule has 0 amide bonds. The van der Waals surface area contributed by atoms with Crippen LogP contribution in [0.2, 0.25) is 0 Å². The number of aromatic nitrogens is 1. The Kier molecular flexibility index (Phi) is 3.18. The summed E-state index contributed by atoms with van der Waals surface area (Å²) in [6.07, 6.45) is 3.34. The Morgan fingerprint density at radius 3 is 2.76 bits per heavy atom. The van der Waals surface area contributed by atoms with Crippen molar-refractivity contribution >= 4 is 16.9 Å². The second kappa shape index (κ2) is 4.62. The van der Waals surface area contributed by atoms with E-state index < -0.39 is 0 Å². The number of methoxy groups -OCH3 is 1. The van der Waals surface area contributed by atoms with Crippen molar-refractivity contribution in [3.63, 3.8) is 0 Å². The predicted octanol–water partition coefficient (Wildman–Crippen LogP) is 2.46. The van der Waals surface area contributed by atoms with Crippen LogP contribution in [0.3, 0.4) is 0 Å². The van der Waals surface area contributed by atoms with Crippen molar-refractivity contribution in [1.82, 2.24) is 4.57 Å². The maximum atomic E-state index is 11.4. The number of carbonyl (C=O) groups is 1. The van der Waals surface area contributed by atoms with Gasteiger partial charge in [-0.3, -0.25) is 4.79 Å². The molecule has 0 aliphatic carbocycles.